The summed E-state index contributed by atoms with van der Waals surface area (Å²) < 4.78 is 0. The molecule has 15 heavy (non-hydrogen) atoms. The van der Waals surface area contributed by atoms with E-state index in [0.29, 0.717) is 12.6 Å². The second-order valence-corrected chi connectivity index (χ2v) is 5.57. The first-order valence-corrected chi connectivity index (χ1v) is 6.52. The van der Waals surface area contributed by atoms with Gasteiger partial charge in [-0.15, -0.1) is 0 Å². The standard InChI is InChI=1S/C12H19NOS/c1-9(10-3-4-10)13-8-12(2,14)11-5-6-15-7-11/h5-7,9-10,13-14H,3-4,8H2,1-2H3. The van der Waals surface area contributed by atoms with Crippen molar-refractivity contribution in [1.82, 2.24) is 5.32 Å². The second kappa shape index (κ2) is 4.24. The van der Waals surface area contributed by atoms with Gasteiger partial charge in [-0.2, -0.15) is 11.3 Å². The third kappa shape index (κ3) is 2.80. The van der Waals surface area contributed by atoms with Crippen LogP contribution in [0.2, 0.25) is 0 Å². The van der Waals surface area contributed by atoms with Crippen molar-refractivity contribution in [3.63, 3.8) is 0 Å². The van der Waals surface area contributed by atoms with E-state index in [1.807, 2.05) is 23.8 Å². The Bertz CT molecular complexity index is 303. The van der Waals surface area contributed by atoms with Crippen LogP contribution in [0.5, 0.6) is 0 Å². The lowest BCUT2D eigenvalue weighted by molar-refractivity contribution is 0.0541. The number of nitrogens with one attached hydrogen (secondary N) is 1. The summed E-state index contributed by atoms with van der Waals surface area (Å²) in [7, 11) is 0. The van der Waals surface area contributed by atoms with E-state index < -0.39 is 5.60 Å². The van der Waals surface area contributed by atoms with Crippen molar-refractivity contribution >= 4 is 11.3 Å². The van der Waals surface area contributed by atoms with Gasteiger partial charge in [-0.1, -0.05) is 0 Å². The maximum Gasteiger partial charge on any atom is 0.1000 e. The summed E-state index contributed by atoms with van der Waals surface area (Å²) in [5.41, 5.74) is 0.284. The van der Waals surface area contributed by atoms with E-state index in [1.54, 1.807) is 11.3 Å². The Labute approximate surface area is 95.3 Å². The van der Waals surface area contributed by atoms with Crippen LogP contribution in [0.15, 0.2) is 16.8 Å². The number of hydrogen-bond acceptors (Lipinski definition) is 3. The monoisotopic (exact) mass is 225 g/mol. The highest BCUT2D eigenvalue weighted by Crippen LogP contribution is 2.32. The Morgan fingerprint density at radius 1 is 1.67 bits per heavy atom. The molecule has 1 aromatic rings. The minimum atomic E-state index is -0.733. The molecule has 1 aliphatic rings. The molecule has 2 nitrogen and oxygen atoms in total. The molecule has 1 fully saturated rings. The van der Waals surface area contributed by atoms with Gasteiger partial charge in [-0.25, -0.2) is 0 Å². The fourth-order valence-corrected chi connectivity index (χ4v) is 2.58. The number of aliphatic hydroxyl groups is 1. The first kappa shape index (κ1) is 11.1. The molecule has 0 saturated heterocycles. The maximum absolute atomic E-state index is 10.3. The highest BCUT2D eigenvalue weighted by Gasteiger charge is 2.30. The third-order valence-corrected chi connectivity index (χ3v) is 3.92. The van der Waals surface area contributed by atoms with E-state index in [2.05, 4.69) is 12.2 Å². The zero-order valence-corrected chi connectivity index (χ0v) is 10.2. The Morgan fingerprint density at radius 3 is 2.93 bits per heavy atom. The van der Waals surface area contributed by atoms with Crippen LogP contribution in [-0.4, -0.2) is 17.7 Å². The molecule has 2 rings (SSSR count). The largest absolute Gasteiger partial charge is 0.384 e. The van der Waals surface area contributed by atoms with Gasteiger partial charge in [0.05, 0.1) is 5.60 Å². The summed E-state index contributed by atoms with van der Waals surface area (Å²) in [4.78, 5) is 0. The molecule has 1 aliphatic carbocycles. The van der Waals surface area contributed by atoms with E-state index in [-0.39, 0.29) is 0 Å². The van der Waals surface area contributed by atoms with Crippen molar-refractivity contribution in [3.8, 4) is 0 Å². The van der Waals surface area contributed by atoms with Gasteiger partial charge < -0.3 is 10.4 Å². The van der Waals surface area contributed by atoms with E-state index in [1.165, 1.54) is 12.8 Å². The highest BCUT2D eigenvalue weighted by molar-refractivity contribution is 7.08. The van der Waals surface area contributed by atoms with Crippen molar-refractivity contribution in [2.75, 3.05) is 6.54 Å². The summed E-state index contributed by atoms with van der Waals surface area (Å²) >= 11 is 1.63. The average molecular weight is 225 g/mol. The van der Waals surface area contributed by atoms with Crippen LogP contribution in [0.1, 0.15) is 32.3 Å². The molecule has 84 valence electrons. The third-order valence-electron chi connectivity index (χ3n) is 3.24. The van der Waals surface area contributed by atoms with E-state index in [0.717, 1.165) is 11.5 Å². The van der Waals surface area contributed by atoms with Crippen molar-refractivity contribution in [3.05, 3.63) is 22.4 Å². The summed E-state index contributed by atoms with van der Waals surface area (Å²) in [6.07, 6.45) is 2.68. The topological polar surface area (TPSA) is 32.3 Å². The van der Waals surface area contributed by atoms with Gasteiger partial charge in [0.1, 0.15) is 0 Å². The van der Waals surface area contributed by atoms with E-state index >= 15 is 0 Å². The van der Waals surface area contributed by atoms with Crippen molar-refractivity contribution in [1.29, 1.82) is 0 Å². The lowest BCUT2D eigenvalue weighted by atomic mass is 9.99. The highest BCUT2D eigenvalue weighted by atomic mass is 32.1. The van der Waals surface area contributed by atoms with Crippen LogP contribution < -0.4 is 5.32 Å². The molecule has 1 heterocycles. The van der Waals surface area contributed by atoms with Gasteiger partial charge in [0.2, 0.25) is 0 Å². The predicted octanol–water partition coefficient (Wildman–Crippen LogP) is 2.34. The minimum absolute atomic E-state index is 0.537. The van der Waals surface area contributed by atoms with Crippen LogP contribution in [0.25, 0.3) is 0 Å². The Balaban J connectivity index is 1.87. The lowest BCUT2D eigenvalue weighted by Gasteiger charge is -2.25. The molecular weight excluding hydrogens is 206 g/mol. The number of thiophene rings is 1. The number of rotatable bonds is 5. The van der Waals surface area contributed by atoms with E-state index in [9.17, 15) is 5.11 Å². The zero-order chi connectivity index (χ0) is 10.9. The molecular formula is C12H19NOS. The van der Waals surface area contributed by atoms with Crippen LogP contribution in [0.4, 0.5) is 0 Å². The van der Waals surface area contributed by atoms with Gasteiger partial charge in [0.15, 0.2) is 0 Å². The first-order valence-electron chi connectivity index (χ1n) is 5.58. The molecule has 1 aromatic heterocycles. The molecule has 2 atom stereocenters. The Morgan fingerprint density at radius 2 is 2.40 bits per heavy atom. The molecule has 1 saturated carbocycles. The number of hydrogen-bond donors (Lipinski definition) is 2. The van der Waals surface area contributed by atoms with Gasteiger partial charge in [0.25, 0.3) is 0 Å². The predicted molar refractivity (Wildman–Crippen MR) is 64.1 cm³/mol. The summed E-state index contributed by atoms with van der Waals surface area (Å²) in [6.45, 7) is 4.73. The van der Waals surface area contributed by atoms with Crippen LogP contribution in [0.3, 0.4) is 0 Å². The fourth-order valence-electron chi connectivity index (χ4n) is 1.80. The normalized spacial score (nSPS) is 22.3. The quantitative estimate of drug-likeness (QED) is 0.806. The first-order chi connectivity index (χ1) is 7.09. The average Bonchev–Trinajstić information content (AvgIpc) is 2.89. The molecule has 0 bridgehead atoms. The maximum atomic E-state index is 10.3. The van der Waals surface area contributed by atoms with Gasteiger partial charge in [0, 0.05) is 12.6 Å². The molecule has 3 heteroatoms. The van der Waals surface area contributed by atoms with Crippen LogP contribution >= 0.6 is 11.3 Å². The zero-order valence-electron chi connectivity index (χ0n) is 9.36. The molecule has 2 N–H and O–H groups in total. The van der Waals surface area contributed by atoms with E-state index in [4.69, 9.17) is 0 Å². The molecule has 2 unspecified atom stereocenters. The van der Waals surface area contributed by atoms with Crippen LogP contribution in [-0.2, 0) is 5.60 Å². The Hall–Kier alpha value is -0.380. The van der Waals surface area contributed by atoms with Crippen molar-refractivity contribution in [2.24, 2.45) is 5.92 Å². The molecule has 0 aliphatic heterocycles. The van der Waals surface area contributed by atoms with Crippen molar-refractivity contribution < 1.29 is 5.11 Å². The lowest BCUT2D eigenvalue weighted by Crippen LogP contribution is -2.40. The fraction of sp³-hybridized carbons (Fsp3) is 0.667. The molecule has 0 amide bonds. The SMILES string of the molecule is CC(NCC(C)(O)c1ccsc1)C1CC1. The Kier molecular flexibility index (Phi) is 3.14. The second-order valence-electron chi connectivity index (χ2n) is 4.79. The molecule has 0 radical (unpaired) electrons. The van der Waals surface area contributed by atoms with Crippen molar-refractivity contribution in [2.45, 2.75) is 38.3 Å². The van der Waals surface area contributed by atoms with Gasteiger partial charge in [-0.3, -0.25) is 0 Å². The van der Waals surface area contributed by atoms with Gasteiger partial charge >= 0.3 is 0 Å². The molecule has 0 spiro atoms. The smallest absolute Gasteiger partial charge is 0.1000 e. The minimum Gasteiger partial charge on any atom is -0.384 e. The summed E-state index contributed by atoms with van der Waals surface area (Å²) in [5, 5.41) is 17.7. The molecule has 0 aromatic carbocycles. The summed E-state index contributed by atoms with van der Waals surface area (Å²) in [6, 6.07) is 2.53. The van der Waals surface area contributed by atoms with Gasteiger partial charge in [-0.05, 0) is 55.0 Å². The van der Waals surface area contributed by atoms with Crippen LogP contribution in [0, 0.1) is 5.92 Å². The summed E-state index contributed by atoms with van der Waals surface area (Å²) in [5.74, 6) is 0.836.